The van der Waals surface area contributed by atoms with Crippen LogP contribution in [0.3, 0.4) is 0 Å². The Kier molecular flexibility index (Phi) is 4.63. The van der Waals surface area contributed by atoms with Gasteiger partial charge in [0.05, 0.1) is 0 Å². The molecule has 30 heavy (non-hydrogen) atoms. The van der Waals surface area contributed by atoms with Crippen LogP contribution in [0.1, 0.15) is 0 Å². The average molecular weight is 424 g/mol. The quantitative estimate of drug-likeness (QED) is 0.522. The largest absolute Gasteiger partial charge is 0.368 e. The molecule has 0 unspecified atom stereocenters. The smallest absolute Gasteiger partial charge is 0.224 e. The molecule has 0 spiro atoms. The number of halogens is 2. The first-order valence-electron chi connectivity index (χ1n) is 9.61. The van der Waals surface area contributed by atoms with E-state index in [0.29, 0.717) is 22.8 Å². The Bertz CT molecular complexity index is 1180. The Labute approximate surface area is 177 Å². The zero-order valence-electron chi connectivity index (χ0n) is 16.0. The predicted octanol–water partition coefficient (Wildman–Crippen LogP) is 3.72. The van der Waals surface area contributed by atoms with Crippen LogP contribution < -0.4 is 15.5 Å². The first-order chi connectivity index (χ1) is 14.6. The molecule has 0 amide bonds. The van der Waals surface area contributed by atoms with Crippen molar-refractivity contribution in [2.75, 3.05) is 41.7 Å². The Hall–Kier alpha value is -3.39. The van der Waals surface area contributed by atoms with Crippen LogP contribution in [0.5, 0.6) is 0 Å². The van der Waals surface area contributed by atoms with Gasteiger partial charge in [-0.1, -0.05) is 11.6 Å². The summed E-state index contributed by atoms with van der Waals surface area (Å²) in [4.78, 5) is 21.1. The van der Waals surface area contributed by atoms with E-state index in [1.54, 1.807) is 12.1 Å². The van der Waals surface area contributed by atoms with Crippen LogP contribution in [0.2, 0.25) is 5.02 Å². The van der Waals surface area contributed by atoms with E-state index >= 15 is 0 Å². The van der Waals surface area contributed by atoms with Crippen molar-refractivity contribution in [3.05, 3.63) is 59.4 Å². The standard InChI is InChI=1S/C21H19ClFN7/c22-14-3-7-16(8-4-14)29-9-11-30(12-10-29)20-17-19(27-21(24)28-20)26-18(25-17)13-1-5-15(23)6-2-13/h1-8H,9-12H2,(H3,24,25,26,27,28). The van der Waals surface area contributed by atoms with Gasteiger partial charge in [0.1, 0.15) is 11.6 Å². The van der Waals surface area contributed by atoms with E-state index in [9.17, 15) is 4.39 Å². The molecule has 1 aliphatic rings. The maximum Gasteiger partial charge on any atom is 0.224 e. The van der Waals surface area contributed by atoms with Crippen LogP contribution in [-0.2, 0) is 0 Å². The van der Waals surface area contributed by atoms with Crippen LogP contribution >= 0.6 is 11.6 Å². The van der Waals surface area contributed by atoms with E-state index < -0.39 is 0 Å². The lowest BCUT2D eigenvalue weighted by atomic mass is 10.2. The fourth-order valence-electron chi connectivity index (χ4n) is 3.70. The molecule has 2 aromatic heterocycles. The molecule has 0 bridgehead atoms. The summed E-state index contributed by atoms with van der Waals surface area (Å²) in [6.07, 6.45) is 0. The number of hydrogen-bond acceptors (Lipinski definition) is 6. The number of anilines is 3. The van der Waals surface area contributed by atoms with Crippen LogP contribution in [0.4, 0.5) is 21.8 Å². The fourth-order valence-corrected chi connectivity index (χ4v) is 3.82. The number of nitrogens with one attached hydrogen (secondary N) is 1. The summed E-state index contributed by atoms with van der Waals surface area (Å²) in [5.74, 6) is 1.20. The van der Waals surface area contributed by atoms with Gasteiger partial charge in [-0.15, -0.1) is 0 Å². The zero-order chi connectivity index (χ0) is 20.7. The monoisotopic (exact) mass is 423 g/mol. The van der Waals surface area contributed by atoms with Crippen LogP contribution in [-0.4, -0.2) is 46.1 Å². The van der Waals surface area contributed by atoms with Gasteiger partial charge in [-0.05, 0) is 48.5 Å². The van der Waals surface area contributed by atoms with Gasteiger partial charge in [0.15, 0.2) is 17.0 Å². The molecule has 1 saturated heterocycles. The second-order valence-electron chi connectivity index (χ2n) is 7.15. The van der Waals surface area contributed by atoms with Crippen molar-refractivity contribution in [1.82, 2.24) is 19.9 Å². The molecule has 4 aromatic rings. The Morgan fingerprint density at radius 3 is 2.23 bits per heavy atom. The molecule has 152 valence electrons. The van der Waals surface area contributed by atoms with Gasteiger partial charge in [-0.25, -0.2) is 9.37 Å². The molecule has 0 radical (unpaired) electrons. The second-order valence-corrected chi connectivity index (χ2v) is 7.58. The summed E-state index contributed by atoms with van der Waals surface area (Å²) >= 11 is 6.00. The molecular weight excluding hydrogens is 405 g/mol. The topological polar surface area (TPSA) is 87.0 Å². The van der Waals surface area contributed by atoms with Gasteiger partial charge in [0.2, 0.25) is 5.95 Å². The third-order valence-electron chi connectivity index (χ3n) is 5.23. The second kappa shape index (κ2) is 7.46. The maximum absolute atomic E-state index is 13.3. The fraction of sp³-hybridized carbons (Fsp3) is 0.190. The summed E-state index contributed by atoms with van der Waals surface area (Å²) in [7, 11) is 0. The summed E-state index contributed by atoms with van der Waals surface area (Å²) in [6, 6.07) is 14.0. The first kappa shape index (κ1) is 18.6. The summed E-state index contributed by atoms with van der Waals surface area (Å²) in [5.41, 5.74) is 9.10. The van der Waals surface area contributed by atoms with Gasteiger partial charge in [0.25, 0.3) is 0 Å². The van der Waals surface area contributed by atoms with Crippen molar-refractivity contribution in [3.63, 3.8) is 0 Å². The minimum Gasteiger partial charge on any atom is -0.368 e. The molecule has 2 aromatic carbocycles. The zero-order valence-corrected chi connectivity index (χ0v) is 16.8. The molecule has 5 rings (SSSR count). The highest BCUT2D eigenvalue weighted by molar-refractivity contribution is 6.30. The van der Waals surface area contributed by atoms with E-state index in [1.807, 2.05) is 24.3 Å². The van der Waals surface area contributed by atoms with Crippen LogP contribution in [0, 0.1) is 5.82 Å². The average Bonchev–Trinajstić information content (AvgIpc) is 3.18. The Morgan fingerprint density at radius 2 is 1.53 bits per heavy atom. The van der Waals surface area contributed by atoms with Crippen LogP contribution in [0.15, 0.2) is 48.5 Å². The number of H-pyrrole nitrogens is 1. The summed E-state index contributed by atoms with van der Waals surface area (Å²) in [5, 5.41) is 0.728. The summed E-state index contributed by atoms with van der Waals surface area (Å²) in [6.45, 7) is 3.21. The SMILES string of the molecule is Nc1nc(N2CCN(c3ccc(Cl)cc3)CC2)c2nc(-c3ccc(F)cc3)[nH]c2n1. The number of aromatic amines is 1. The molecule has 0 aliphatic carbocycles. The number of imidazole rings is 1. The highest BCUT2D eigenvalue weighted by atomic mass is 35.5. The highest BCUT2D eigenvalue weighted by Crippen LogP contribution is 2.28. The predicted molar refractivity (Wildman–Crippen MR) is 117 cm³/mol. The van der Waals surface area contributed by atoms with E-state index in [1.165, 1.54) is 12.1 Å². The van der Waals surface area contributed by atoms with E-state index in [-0.39, 0.29) is 11.8 Å². The molecule has 3 heterocycles. The third kappa shape index (κ3) is 3.50. The van der Waals surface area contributed by atoms with Gasteiger partial charge in [0, 0.05) is 42.5 Å². The van der Waals surface area contributed by atoms with Gasteiger partial charge < -0.3 is 20.5 Å². The number of hydrogen-bond donors (Lipinski definition) is 2. The van der Waals surface area contributed by atoms with Crippen molar-refractivity contribution in [3.8, 4) is 11.4 Å². The van der Waals surface area contributed by atoms with E-state index in [0.717, 1.165) is 42.5 Å². The molecular formula is C21H19ClFN7. The highest BCUT2D eigenvalue weighted by Gasteiger charge is 2.23. The first-order valence-corrected chi connectivity index (χ1v) is 9.99. The number of nitrogen functional groups attached to an aromatic ring is 1. The Balaban J connectivity index is 1.43. The van der Waals surface area contributed by atoms with Gasteiger partial charge >= 0.3 is 0 Å². The van der Waals surface area contributed by atoms with E-state index in [2.05, 4.69) is 29.7 Å². The van der Waals surface area contributed by atoms with Crippen molar-refractivity contribution in [1.29, 1.82) is 0 Å². The molecule has 0 atom stereocenters. The molecule has 1 aliphatic heterocycles. The number of nitrogens with zero attached hydrogens (tertiary/aromatic N) is 5. The molecule has 3 N–H and O–H groups in total. The van der Waals surface area contributed by atoms with Crippen molar-refractivity contribution in [2.24, 2.45) is 0 Å². The number of piperazine rings is 1. The lowest BCUT2D eigenvalue weighted by molar-refractivity contribution is 0.628. The van der Waals surface area contributed by atoms with Crippen molar-refractivity contribution in [2.45, 2.75) is 0 Å². The number of benzene rings is 2. The van der Waals surface area contributed by atoms with Crippen molar-refractivity contribution >= 4 is 40.2 Å². The lowest BCUT2D eigenvalue weighted by Gasteiger charge is -2.36. The van der Waals surface area contributed by atoms with Crippen molar-refractivity contribution < 1.29 is 4.39 Å². The molecule has 9 heteroatoms. The van der Waals surface area contributed by atoms with Gasteiger partial charge in [-0.2, -0.15) is 9.97 Å². The number of rotatable bonds is 3. The number of fused-ring (bicyclic) bond motifs is 1. The molecule has 0 saturated carbocycles. The summed E-state index contributed by atoms with van der Waals surface area (Å²) < 4.78 is 13.3. The maximum atomic E-state index is 13.3. The number of aromatic nitrogens is 4. The number of nitrogens with two attached hydrogens (primary N) is 1. The molecule has 1 fully saturated rings. The third-order valence-corrected chi connectivity index (χ3v) is 5.48. The minimum absolute atomic E-state index is 0.187. The normalized spacial score (nSPS) is 14.5. The van der Waals surface area contributed by atoms with Crippen LogP contribution in [0.25, 0.3) is 22.6 Å². The van der Waals surface area contributed by atoms with Gasteiger partial charge in [-0.3, -0.25) is 0 Å². The van der Waals surface area contributed by atoms with E-state index in [4.69, 9.17) is 17.3 Å². The molecule has 7 nitrogen and oxygen atoms in total. The minimum atomic E-state index is -0.293. The Morgan fingerprint density at radius 1 is 0.867 bits per heavy atom. The lowest BCUT2D eigenvalue weighted by Crippen LogP contribution is -2.47.